The predicted molar refractivity (Wildman–Crippen MR) is 82.7 cm³/mol. The molecule has 6 heteroatoms. The third kappa shape index (κ3) is 5.79. The van der Waals surface area contributed by atoms with Crippen molar-refractivity contribution >= 4 is 21.2 Å². The van der Waals surface area contributed by atoms with Crippen molar-refractivity contribution < 1.29 is 13.2 Å². The average molecular weight is 300 g/mol. The minimum absolute atomic E-state index is 0.237. The second kappa shape index (κ2) is 7.50. The Bertz CT molecular complexity index is 527. The van der Waals surface area contributed by atoms with Gasteiger partial charge in [-0.05, 0) is 30.5 Å². The zero-order valence-electron chi connectivity index (χ0n) is 12.3. The second-order valence-electron chi connectivity index (χ2n) is 5.27. The normalized spacial score (nSPS) is 11.8. The van der Waals surface area contributed by atoms with E-state index in [2.05, 4.69) is 19.2 Å². The first-order valence-corrected chi connectivity index (χ1v) is 8.61. The van der Waals surface area contributed by atoms with E-state index in [-0.39, 0.29) is 4.90 Å². The number of nitrogen functional groups attached to an aromatic ring is 1. The van der Waals surface area contributed by atoms with E-state index in [9.17, 15) is 8.42 Å². The highest BCUT2D eigenvalue weighted by Crippen LogP contribution is 2.22. The summed E-state index contributed by atoms with van der Waals surface area (Å²) >= 11 is 0. The molecule has 0 spiro atoms. The molecule has 3 N–H and O–H groups in total. The molecule has 5 nitrogen and oxygen atoms in total. The van der Waals surface area contributed by atoms with Crippen LogP contribution in [0.3, 0.4) is 0 Å². The van der Waals surface area contributed by atoms with E-state index in [1.165, 1.54) is 12.3 Å². The van der Waals surface area contributed by atoms with Crippen molar-refractivity contribution in [1.29, 1.82) is 0 Å². The van der Waals surface area contributed by atoms with Crippen LogP contribution in [-0.2, 0) is 14.6 Å². The Morgan fingerprint density at radius 3 is 2.60 bits per heavy atom. The molecule has 0 amide bonds. The lowest BCUT2D eigenvalue weighted by atomic mass is 10.2. The van der Waals surface area contributed by atoms with Crippen LogP contribution in [-0.4, -0.2) is 34.4 Å². The maximum atomic E-state index is 11.4. The van der Waals surface area contributed by atoms with Gasteiger partial charge in [-0.1, -0.05) is 13.8 Å². The molecule has 0 aliphatic heterocycles. The van der Waals surface area contributed by atoms with Crippen LogP contribution in [0.1, 0.15) is 20.3 Å². The molecule has 0 heterocycles. The summed E-state index contributed by atoms with van der Waals surface area (Å²) in [6.07, 6.45) is 2.04. The standard InChI is InChI=1S/C14H24N2O3S/c1-11(2)10-19-8-4-7-16-14-6-5-12(9-13(14)15)20(3,17)18/h5-6,9,11,16H,4,7-8,10,15H2,1-3H3. The first kappa shape index (κ1) is 16.8. The number of hydrogen-bond acceptors (Lipinski definition) is 5. The number of rotatable bonds is 8. The molecule has 0 aliphatic rings. The number of benzene rings is 1. The molecule has 114 valence electrons. The number of nitrogens with two attached hydrogens (primary N) is 1. The molecule has 0 saturated heterocycles. The van der Waals surface area contributed by atoms with Crippen LogP contribution in [0.15, 0.2) is 23.1 Å². The summed E-state index contributed by atoms with van der Waals surface area (Å²) in [5.41, 5.74) is 7.03. The summed E-state index contributed by atoms with van der Waals surface area (Å²) in [7, 11) is -3.21. The van der Waals surface area contributed by atoms with Gasteiger partial charge in [0, 0.05) is 26.0 Å². The fourth-order valence-electron chi connectivity index (χ4n) is 1.65. The number of nitrogens with one attached hydrogen (secondary N) is 1. The molecule has 0 bridgehead atoms. The van der Waals surface area contributed by atoms with E-state index < -0.39 is 9.84 Å². The van der Waals surface area contributed by atoms with E-state index >= 15 is 0 Å². The van der Waals surface area contributed by atoms with Gasteiger partial charge in [-0.15, -0.1) is 0 Å². The SMILES string of the molecule is CC(C)COCCCNc1ccc(S(C)(=O)=O)cc1N. The zero-order valence-corrected chi connectivity index (χ0v) is 13.2. The number of anilines is 2. The summed E-state index contributed by atoms with van der Waals surface area (Å²) in [5, 5.41) is 3.18. The highest BCUT2D eigenvalue weighted by Gasteiger charge is 2.09. The molecule has 0 aliphatic carbocycles. The summed E-state index contributed by atoms with van der Waals surface area (Å²) < 4.78 is 28.3. The average Bonchev–Trinajstić information content (AvgIpc) is 2.33. The number of hydrogen-bond donors (Lipinski definition) is 2. The van der Waals surface area contributed by atoms with Crippen molar-refractivity contribution in [3.05, 3.63) is 18.2 Å². The monoisotopic (exact) mass is 300 g/mol. The van der Waals surface area contributed by atoms with E-state index in [0.717, 1.165) is 25.3 Å². The topological polar surface area (TPSA) is 81.4 Å². The highest BCUT2D eigenvalue weighted by molar-refractivity contribution is 7.90. The molecule has 0 atom stereocenters. The van der Waals surface area contributed by atoms with E-state index in [1.807, 2.05) is 0 Å². The van der Waals surface area contributed by atoms with Crippen molar-refractivity contribution in [2.45, 2.75) is 25.2 Å². The Morgan fingerprint density at radius 2 is 2.05 bits per heavy atom. The molecular weight excluding hydrogens is 276 g/mol. The van der Waals surface area contributed by atoms with Crippen molar-refractivity contribution in [3.63, 3.8) is 0 Å². The van der Waals surface area contributed by atoms with Gasteiger partial charge < -0.3 is 15.8 Å². The summed E-state index contributed by atoms with van der Waals surface area (Å²) in [5.74, 6) is 0.544. The van der Waals surface area contributed by atoms with Crippen LogP contribution in [0.2, 0.25) is 0 Å². The van der Waals surface area contributed by atoms with Crippen molar-refractivity contribution in [2.24, 2.45) is 5.92 Å². The van der Waals surface area contributed by atoms with Gasteiger partial charge in [-0.2, -0.15) is 0 Å². The van der Waals surface area contributed by atoms with Crippen LogP contribution in [0.5, 0.6) is 0 Å². The van der Waals surface area contributed by atoms with Crippen LogP contribution in [0.25, 0.3) is 0 Å². The van der Waals surface area contributed by atoms with Crippen LogP contribution >= 0.6 is 0 Å². The van der Waals surface area contributed by atoms with Crippen LogP contribution in [0, 0.1) is 5.92 Å². The van der Waals surface area contributed by atoms with Crippen molar-refractivity contribution in [1.82, 2.24) is 0 Å². The molecule has 0 radical (unpaired) electrons. The molecule has 0 saturated carbocycles. The third-order valence-corrected chi connectivity index (χ3v) is 3.79. The minimum atomic E-state index is -3.21. The fourth-order valence-corrected chi connectivity index (χ4v) is 2.31. The van der Waals surface area contributed by atoms with E-state index in [4.69, 9.17) is 10.5 Å². The summed E-state index contributed by atoms with van der Waals surface area (Å²) in [6, 6.07) is 4.73. The molecule has 0 aromatic heterocycles. The van der Waals surface area contributed by atoms with Crippen molar-refractivity contribution in [2.75, 3.05) is 37.1 Å². The lowest BCUT2D eigenvalue weighted by Crippen LogP contribution is -2.10. The Kier molecular flexibility index (Phi) is 6.29. The minimum Gasteiger partial charge on any atom is -0.397 e. The Hall–Kier alpha value is -1.27. The summed E-state index contributed by atoms with van der Waals surface area (Å²) in [6.45, 7) is 6.43. The summed E-state index contributed by atoms with van der Waals surface area (Å²) in [4.78, 5) is 0.237. The van der Waals surface area contributed by atoms with E-state index in [0.29, 0.717) is 18.2 Å². The van der Waals surface area contributed by atoms with Crippen molar-refractivity contribution in [3.8, 4) is 0 Å². The predicted octanol–water partition coefficient (Wildman–Crippen LogP) is 2.15. The molecule has 1 aromatic carbocycles. The smallest absolute Gasteiger partial charge is 0.175 e. The number of ether oxygens (including phenoxy) is 1. The van der Waals surface area contributed by atoms with Gasteiger partial charge in [-0.3, -0.25) is 0 Å². The molecule has 0 unspecified atom stereocenters. The van der Waals surface area contributed by atoms with Gasteiger partial charge in [0.05, 0.1) is 16.3 Å². The molecular formula is C14H24N2O3S. The largest absolute Gasteiger partial charge is 0.397 e. The third-order valence-electron chi connectivity index (χ3n) is 2.68. The lowest BCUT2D eigenvalue weighted by molar-refractivity contribution is 0.110. The van der Waals surface area contributed by atoms with Crippen LogP contribution in [0.4, 0.5) is 11.4 Å². The van der Waals surface area contributed by atoms with Gasteiger partial charge in [0.2, 0.25) is 0 Å². The Labute approximate surface area is 121 Å². The Morgan fingerprint density at radius 1 is 1.35 bits per heavy atom. The van der Waals surface area contributed by atoms with Gasteiger partial charge in [-0.25, -0.2) is 8.42 Å². The maximum Gasteiger partial charge on any atom is 0.175 e. The van der Waals surface area contributed by atoms with E-state index in [1.54, 1.807) is 12.1 Å². The number of sulfone groups is 1. The van der Waals surface area contributed by atoms with Gasteiger partial charge in [0.1, 0.15) is 0 Å². The van der Waals surface area contributed by atoms with Gasteiger partial charge in [0.25, 0.3) is 0 Å². The lowest BCUT2D eigenvalue weighted by Gasteiger charge is -2.11. The quantitative estimate of drug-likeness (QED) is 0.568. The zero-order chi connectivity index (χ0) is 15.2. The van der Waals surface area contributed by atoms with Gasteiger partial charge >= 0.3 is 0 Å². The van der Waals surface area contributed by atoms with Crippen LogP contribution < -0.4 is 11.1 Å². The highest BCUT2D eigenvalue weighted by atomic mass is 32.2. The first-order chi connectivity index (χ1) is 9.30. The second-order valence-corrected chi connectivity index (χ2v) is 7.29. The molecule has 0 fully saturated rings. The molecule has 1 aromatic rings. The Balaban J connectivity index is 2.42. The molecule has 20 heavy (non-hydrogen) atoms. The maximum absolute atomic E-state index is 11.4. The van der Waals surface area contributed by atoms with Gasteiger partial charge in [0.15, 0.2) is 9.84 Å². The first-order valence-electron chi connectivity index (χ1n) is 6.72. The fraction of sp³-hybridized carbons (Fsp3) is 0.571. The molecule has 1 rings (SSSR count).